The largest absolute Gasteiger partial charge is 0.356 e. The highest BCUT2D eigenvalue weighted by atomic mass is 35.5. The van der Waals surface area contributed by atoms with Crippen LogP contribution in [0.15, 0.2) is 48.5 Å². The third-order valence-electron chi connectivity index (χ3n) is 3.88. The van der Waals surface area contributed by atoms with E-state index < -0.39 is 0 Å². The minimum absolute atomic E-state index is 0.123. The summed E-state index contributed by atoms with van der Waals surface area (Å²) in [7, 11) is 0. The van der Waals surface area contributed by atoms with Crippen molar-refractivity contribution < 1.29 is 9.59 Å². The number of nitrogens with zero attached hydrogens (tertiary/aromatic N) is 2. The van der Waals surface area contributed by atoms with E-state index in [1.54, 1.807) is 24.3 Å². The Kier molecular flexibility index (Phi) is 7.19. The van der Waals surface area contributed by atoms with Crippen LogP contribution < -0.4 is 10.2 Å². The summed E-state index contributed by atoms with van der Waals surface area (Å²) in [5.74, 6) is -0.296. The van der Waals surface area contributed by atoms with Crippen molar-refractivity contribution >= 4 is 29.1 Å². The molecule has 0 aromatic heterocycles. The zero-order valence-corrected chi connectivity index (χ0v) is 15.3. The van der Waals surface area contributed by atoms with Crippen LogP contribution in [0.2, 0.25) is 5.02 Å². The second kappa shape index (κ2) is 9.59. The van der Waals surface area contributed by atoms with Gasteiger partial charge >= 0.3 is 0 Å². The molecule has 0 spiro atoms. The monoisotopic (exact) mass is 369 g/mol. The minimum atomic E-state index is -0.172. The maximum atomic E-state index is 12.0. The molecule has 0 saturated carbocycles. The summed E-state index contributed by atoms with van der Waals surface area (Å²) >= 11 is 5.84. The summed E-state index contributed by atoms with van der Waals surface area (Å²) in [5.41, 5.74) is 2.18. The fraction of sp³-hybridized carbons (Fsp3) is 0.250. The van der Waals surface area contributed by atoms with Crippen LogP contribution in [-0.4, -0.2) is 24.9 Å². The van der Waals surface area contributed by atoms with Crippen LogP contribution in [0.5, 0.6) is 0 Å². The number of amides is 2. The van der Waals surface area contributed by atoms with Crippen LogP contribution in [0.1, 0.15) is 24.5 Å². The molecule has 5 nitrogen and oxygen atoms in total. The van der Waals surface area contributed by atoms with Crippen molar-refractivity contribution in [2.45, 2.75) is 19.8 Å². The van der Waals surface area contributed by atoms with E-state index in [4.69, 9.17) is 16.9 Å². The lowest BCUT2D eigenvalue weighted by atomic mass is 10.1. The molecule has 2 aromatic rings. The van der Waals surface area contributed by atoms with Crippen LogP contribution in [-0.2, 0) is 16.0 Å². The first kappa shape index (κ1) is 19.5. The van der Waals surface area contributed by atoms with Gasteiger partial charge in [-0.3, -0.25) is 9.59 Å². The van der Waals surface area contributed by atoms with E-state index in [1.165, 1.54) is 11.8 Å². The molecule has 2 amide bonds. The van der Waals surface area contributed by atoms with Crippen molar-refractivity contribution in [2.75, 3.05) is 18.0 Å². The molecule has 6 heteroatoms. The van der Waals surface area contributed by atoms with E-state index >= 15 is 0 Å². The predicted octanol–water partition coefficient (Wildman–Crippen LogP) is 3.31. The standard InChI is InChI=1S/C20H20ClN3O2/c1-15(25)24(19-4-2-3-17(13-19)14-22)12-10-20(26)23-11-9-16-5-7-18(21)8-6-16/h2-8,13H,9-12H2,1H3,(H,23,26). The predicted molar refractivity (Wildman–Crippen MR) is 102 cm³/mol. The zero-order valence-electron chi connectivity index (χ0n) is 14.5. The van der Waals surface area contributed by atoms with Crippen LogP contribution in [0.25, 0.3) is 0 Å². The molecule has 1 N–H and O–H groups in total. The second-order valence-corrected chi connectivity index (χ2v) is 6.25. The van der Waals surface area contributed by atoms with E-state index in [0.29, 0.717) is 29.2 Å². The fourth-order valence-electron chi connectivity index (χ4n) is 2.51. The summed E-state index contributed by atoms with van der Waals surface area (Å²) in [4.78, 5) is 25.4. The fourth-order valence-corrected chi connectivity index (χ4v) is 2.64. The highest BCUT2D eigenvalue weighted by Crippen LogP contribution is 2.16. The number of hydrogen-bond donors (Lipinski definition) is 1. The first-order valence-electron chi connectivity index (χ1n) is 8.29. The number of halogens is 1. The Morgan fingerprint density at radius 2 is 1.92 bits per heavy atom. The number of carbonyl (C=O) groups is 2. The van der Waals surface area contributed by atoms with Gasteiger partial charge in [0.25, 0.3) is 0 Å². The highest BCUT2D eigenvalue weighted by Gasteiger charge is 2.13. The van der Waals surface area contributed by atoms with Gasteiger partial charge in [0.05, 0.1) is 11.6 Å². The quantitative estimate of drug-likeness (QED) is 0.813. The number of benzene rings is 2. The summed E-state index contributed by atoms with van der Waals surface area (Å²) < 4.78 is 0. The molecular formula is C20H20ClN3O2. The Morgan fingerprint density at radius 1 is 1.19 bits per heavy atom. The SMILES string of the molecule is CC(=O)N(CCC(=O)NCCc1ccc(Cl)cc1)c1cccc(C#N)c1. The molecule has 0 saturated heterocycles. The summed E-state index contributed by atoms with van der Waals surface area (Å²) in [6.07, 6.45) is 0.903. The van der Waals surface area contributed by atoms with Gasteiger partial charge < -0.3 is 10.2 Å². The lowest BCUT2D eigenvalue weighted by Gasteiger charge is -2.21. The molecular weight excluding hydrogens is 350 g/mol. The van der Waals surface area contributed by atoms with Crippen LogP contribution >= 0.6 is 11.6 Å². The molecule has 134 valence electrons. The van der Waals surface area contributed by atoms with Gasteiger partial charge in [-0.15, -0.1) is 0 Å². The molecule has 0 fully saturated rings. The van der Waals surface area contributed by atoms with Gasteiger partial charge in [0, 0.05) is 37.1 Å². The van der Waals surface area contributed by atoms with E-state index in [1.807, 2.05) is 30.3 Å². The third kappa shape index (κ3) is 5.91. The smallest absolute Gasteiger partial charge is 0.223 e. The van der Waals surface area contributed by atoms with E-state index in [9.17, 15) is 9.59 Å². The number of nitriles is 1. The van der Waals surface area contributed by atoms with Crippen molar-refractivity contribution in [3.8, 4) is 6.07 Å². The second-order valence-electron chi connectivity index (χ2n) is 5.81. The molecule has 0 aliphatic rings. The van der Waals surface area contributed by atoms with Crippen molar-refractivity contribution in [3.63, 3.8) is 0 Å². The Balaban J connectivity index is 1.84. The highest BCUT2D eigenvalue weighted by molar-refractivity contribution is 6.30. The Morgan fingerprint density at radius 3 is 2.58 bits per heavy atom. The van der Waals surface area contributed by atoms with Crippen molar-refractivity contribution in [3.05, 3.63) is 64.7 Å². The molecule has 0 atom stereocenters. The van der Waals surface area contributed by atoms with Gasteiger partial charge in [0.15, 0.2) is 0 Å². The number of rotatable bonds is 7. The topological polar surface area (TPSA) is 73.2 Å². The van der Waals surface area contributed by atoms with Gasteiger partial charge in [-0.25, -0.2) is 0 Å². The molecule has 0 bridgehead atoms. The average molecular weight is 370 g/mol. The molecule has 26 heavy (non-hydrogen) atoms. The minimum Gasteiger partial charge on any atom is -0.356 e. The maximum absolute atomic E-state index is 12.0. The van der Waals surface area contributed by atoms with Gasteiger partial charge in [-0.2, -0.15) is 5.26 Å². The van der Waals surface area contributed by atoms with Crippen LogP contribution in [0, 0.1) is 11.3 Å². The zero-order chi connectivity index (χ0) is 18.9. The summed E-state index contributed by atoms with van der Waals surface area (Å²) in [5, 5.41) is 12.5. The Bertz CT molecular complexity index is 813. The molecule has 0 radical (unpaired) electrons. The number of anilines is 1. The van der Waals surface area contributed by atoms with Crippen LogP contribution in [0.4, 0.5) is 5.69 Å². The number of carbonyl (C=O) groups excluding carboxylic acids is 2. The molecule has 0 heterocycles. The number of nitrogens with one attached hydrogen (secondary N) is 1. The normalized spacial score (nSPS) is 10.0. The molecule has 0 aliphatic carbocycles. The third-order valence-corrected chi connectivity index (χ3v) is 4.13. The first-order valence-corrected chi connectivity index (χ1v) is 8.67. The molecule has 0 unspecified atom stereocenters. The average Bonchev–Trinajstić information content (AvgIpc) is 2.63. The summed E-state index contributed by atoms with van der Waals surface area (Å²) in [6, 6.07) is 16.3. The van der Waals surface area contributed by atoms with Gasteiger partial charge in [0.2, 0.25) is 11.8 Å². The molecule has 2 aromatic carbocycles. The van der Waals surface area contributed by atoms with Gasteiger partial charge in [-0.05, 0) is 42.3 Å². The molecule has 2 rings (SSSR count). The Labute approximate surface area is 158 Å². The lowest BCUT2D eigenvalue weighted by molar-refractivity contribution is -0.121. The summed E-state index contributed by atoms with van der Waals surface area (Å²) in [6.45, 7) is 2.22. The van der Waals surface area contributed by atoms with Gasteiger partial charge in [-0.1, -0.05) is 29.8 Å². The van der Waals surface area contributed by atoms with E-state index in [2.05, 4.69) is 5.32 Å². The Hall–Kier alpha value is -2.84. The lowest BCUT2D eigenvalue weighted by Crippen LogP contribution is -2.34. The van der Waals surface area contributed by atoms with E-state index in [0.717, 1.165) is 5.56 Å². The van der Waals surface area contributed by atoms with Crippen molar-refractivity contribution in [2.24, 2.45) is 0 Å². The van der Waals surface area contributed by atoms with Crippen molar-refractivity contribution in [1.29, 1.82) is 5.26 Å². The van der Waals surface area contributed by atoms with Crippen LogP contribution in [0.3, 0.4) is 0 Å². The number of hydrogen-bond acceptors (Lipinski definition) is 3. The first-order chi connectivity index (χ1) is 12.5. The van der Waals surface area contributed by atoms with Gasteiger partial charge in [0.1, 0.15) is 0 Å². The molecule has 0 aliphatic heterocycles. The van der Waals surface area contributed by atoms with E-state index in [-0.39, 0.29) is 24.8 Å². The van der Waals surface area contributed by atoms with Crippen molar-refractivity contribution in [1.82, 2.24) is 5.32 Å². The maximum Gasteiger partial charge on any atom is 0.223 e.